The first kappa shape index (κ1) is 33.0. The first-order valence-corrected chi connectivity index (χ1v) is 15.4. The number of rotatable bonds is 7. The van der Waals surface area contributed by atoms with Gasteiger partial charge in [-0.1, -0.05) is 60.7 Å². The van der Waals surface area contributed by atoms with Crippen molar-refractivity contribution in [3.63, 3.8) is 0 Å². The molecule has 0 aliphatic rings. The van der Waals surface area contributed by atoms with Crippen LogP contribution in [-0.2, 0) is 0 Å². The van der Waals surface area contributed by atoms with Gasteiger partial charge in [0.05, 0.1) is 11.1 Å². The molecule has 0 unspecified atom stereocenters. The first-order chi connectivity index (χ1) is 22.9. The van der Waals surface area contributed by atoms with Crippen molar-refractivity contribution < 1.29 is 43.9 Å². The Morgan fingerprint density at radius 1 is 0.292 bits per heavy atom. The average molecular weight is 703 g/mol. The highest BCUT2D eigenvalue weighted by Crippen LogP contribution is 2.40. The van der Waals surface area contributed by atoms with E-state index in [0.717, 1.165) is 42.8 Å². The van der Waals surface area contributed by atoms with E-state index < -0.39 is 69.3 Å². The summed E-state index contributed by atoms with van der Waals surface area (Å²) in [5.74, 6) is -20.2. The molecule has 0 aliphatic heterocycles. The van der Waals surface area contributed by atoms with Crippen molar-refractivity contribution in [3.8, 4) is 30.6 Å². The van der Waals surface area contributed by atoms with Gasteiger partial charge in [-0.05, 0) is 58.7 Å². The molecule has 2 aromatic heterocycles. The zero-order valence-corrected chi connectivity index (χ0v) is 25.5. The quantitative estimate of drug-likeness (QED) is 0.0672. The van der Waals surface area contributed by atoms with Crippen molar-refractivity contribution >= 4 is 47.0 Å². The first-order valence-electron chi connectivity index (χ1n) is 13.7. The molecule has 4 aromatic carbocycles. The van der Waals surface area contributed by atoms with Gasteiger partial charge in [0.25, 0.3) is 0 Å². The molecule has 48 heavy (non-hydrogen) atoms. The number of thiophene rings is 2. The molecule has 6 rings (SSSR count). The standard InChI is InChI=1S/C36H16F10S2/c37-27-21(28(38)32(42)35(45)31(27)41)11-5-17-1-7-19(8-2-17)23-13-15-25(47-23)26-16-14-24(48-26)20-9-3-18(4-10-20)6-12-22-29(39)33(43)36(46)34(44)30(22)40/h1-16H. The lowest BCUT2D eigenvalue weighted by atomic mass is 10.1. The topological polar surface area (TPSA) is 0 Å². The van der Waals surface area contributed by atoms with E-state index in [4.69, 9.17) is 0 Å². The Morgan fingerprint density at radius 3 is 0.875 bits per heavy atom. The monoisotopic (exact) mass is 702 g/mol. The molecule has 0 nitrogen and oxygen atoms in total. The van der Waals surface area contributed by atoms with Crippen LogP contribution < -0.4 is 0 Å². The fraction of sp³-hybridized carbons (Fsp3) is 0. The molecule has 12 heteroatoms. The highest BCUT2D eigenvalue weighted by atomic mass is 32.1. The predicted molar refractivity (Wildman–Crippen MR) is 169 cm³/mol. The summed E-state index contributed by atoms with van der Waals surface area (Å²) in [5.41, 5.74) is 0.555. The maximum atomic E-state index is 14.0. The molecule has 0 fully saturated rings. The molecule has 0 N–H and O–H groups in total. The van der Waals surface area contributed by atoms with Gasteiger partial charge in [-0.3, -0.25) is 0 Å². The van der Waals surface area contributed by atoms with E-state index in [9.17, 15) is 43.9 Å². The molecule has 0 radical (unpaired) electrons. The fourth-order valence-corrected chi connectivity index (χ4v) is 6.78. The van der Waals surface area contributed by atoms with E-state index in [-0.39, 0.29) is 0 Å². The van der Waals surface area contributed by atoms with Crippen LogP contribution in [0.5, 0.6) is 0 Å². The van der Waals surface area contributed by atoms with Gasteiger partial charge in [0.15, 0.2) is 46.5 Å². The van der Waals surface area contributed by atoms with Crippen molar-refractivity contribution in [1.82, 2.24) is 0 Å². The van der Waals surface area contributed by atoms with Crippen molar-refractivity contribution in [2.75, 3.05) is 0 Å². The average Bonchev–Trinajstić information content (AvgIpc) is 3.80. The lowest BCUT2D eigenvalue weighted by Gasteiger charge is -2.04. The minimum atomic E-state index is -2.22. The normalized spacial score (nSPS) is 11.8. The SMILES string of the molecule is Fc1c(F)c(F)c(C=Cc2ccc(-c3ccc(-c4ccc(-c5ccc(C=Cc6c(F)c(F)c(F)c(F)c6F)cc5)s4)s3)cc2)c(F)c1F. The van der Waals surface area contributed by atoms with E-state index >= 15 is 0 Å². The Morgan fingerprint density at radius 2 is 0.562 bits per heavy atom. The third-order valence-corrected chi connectivity index (χ3v) is 9.68. The van der Waals surface area contributed by atoms with Crippen LogP contribution in [0.25, 0.3) is 54.9 Å². The van der Waals surface area contributed by atoms with Crippen LogP contribution in [0.2, 0.25) is 0 Å². The van der Waals surface area contributed by atoms with Gasteiger partial charge in [-0.25, -0.2) is 43.9 Å². The van der Waals surface area contributed by atoms with Crippen LogP contribution in [-0.4, -0.2) is 0 Å². The predicted octanol–water partition coefficient (Wildman–Crippen LogP) is 12.5. The van der Waals surface area contributed by atoms with Crippen LogP contribution in [0.15, 0.2) is 72.8 Å². The second kappa shape index (κ2) is 13.3. The molecule has 0 bridgehead atoms. The largest absolute Gasteiger partial charge is 0.203 e. The summed E-state index contributed by atoms with van der Waals surface area (Å²) in [7, 11) is 0. The van der Waals surface area contributed by atoms with Crippen LogP contribution in [0.4, 0.5) is 43.9 Å². The molecule has 0 saturated heterocycles. The van der Waals surface area contributed by atoms with Gasteiger partial charge in [0.1, 0.15) is 0 Å². The third kappa shape index (κ3) is 6.20. The third-order valence-electron chi connectivity index (χ3n) is 7.22. The maximum absolute atomic E-state index is 14.0. The summed E-state index contributed by atoms with van der Waals surface area (Å²) in [6.45, 7) is 0. The van der Waals surface area contributed by atoms with Crippen LogP contribution >= 0.6 is 22.7 Å². The Balaban J connectivity index is 1.15. The van der Waals surface area contributed by atoms with Gasteiger partial charge in [0, 0.05) is 19.5 Å². The lowest BCUT2D eigenvalue weighted by molar-refractivity contribution is 0.377. The Labute approximate surface area is 274 Å². The second-order valence-electron chi connectivity index (χ2n) is 10.2. The Kier molecular flexibility index (Phi) is 9.13. The summed E-state index contributed by atoms with van der Waals surface area (Å²) in [5, 5.41) is 0. The molecule has 0 spiro atoms. The van der Waals surface area contributed by atoms with Gasteiger partial charge in [-0.2, -0.15) is 0 Å². The summed E-state index contributed by atoms with van der Waals surface area (Å²) in [6.07, 6.45) is 4.14. The van der Waals surface area contributed by atoms with E-state index in [1.165, 1.54) is 34.8 Å². The molecule has 0 atom stereocenters. The molecule has 242 valence electrons. The molecular weight excluding hydrogens is 687 g/mol. The molecular formula is C36H16F10S2. The summed E-state index contributed by atoms with van der Waals surface area (Å²) < 4.78 is 136. The van der Waals surface area contributed by atoms with E-state index in [2.05, 4.69) is 0 Å². The summed E-state index contributed by atoms with van der Waals surface area (Å²) in [4.78, 5) is 3.78. The molecule has 2 heterocycles. The van der Waals surface area contributed by atoms with Gasteiger partial charge < -0.3 is 0 Å². The Bertz CT molecular complexity index is 2010. The number of halogens is 10. The Hall–Kier alpha value is -4.94. The van der Waals surface area contributed by atoms with E-state index in [0.29, 0.717) is 11.1 Å². The number of hydrogen-bond acceptors (Lipinski definition) is 2. The smallest absolute Gasteiger partial charge is 0.200 e. The van der Waals surface area contributed by atoms with Crippen molar-refractivity contribution in [2.45, 2.75) is 0 Å². The van der Waals surface area contributed by atoms with Gasteiger partial charge >= 0.3 is 0 Å². The van der Waals surface area contributed by atoms with Gasteiger partial charge in [0.2, 0.25) is 11.6 Å². The molecule has 0 aliphatic carbocycles. The van der Waals surface area contributed by atoms with Gasteiger partial charge in [-0.15, -0.1) is 22.7 Å². The molecule has 6 aromatic rings. The van der Waals surface area contributed by atoms with Crippen LogP contribution in [0.1, 0.15) is 22.3 Å². The highest BCUT2D eigenvalue weighted by Gasteiger charge is 2.25. The zero-order valence-electron chi connectivity index (χ0n) is 23.8. The van der Waals surface area contributed by atoms with Crippen molar-refractivity contribution in [3.05, 3.63) is 153 Å². The highest BCUT2D eigenvalue weighted by molar-refractivity contribution is 7.25. The molecule has 0 saturated carbocycles. The molecule has 0 amide bonds. The zero-order chi connectivity index (χ0) is 34.3. The van der Waals surface area contributed by atoms with E-state index in [1.54, 1.807) is 48.5 Å². The van der Waals surface area contributed by atoms with E-state index in [1.807, 2.05) is 24.3 Å². The fourth-order valence-electron chi connectivity index (χ4n) is 4.66. The number of benzene rings is 4. The summed E-state index contributed by atoms with van der Waals surface area (Å²) >= 11 is 3.02. The minimum Gasteiger partial charge on any atom is -0.203 e. The second-order valence-corrected chi connectivity index (χ2v) is 12.4. The maximum Gasteiger partial charge on any atom is 0.200 e. The van der Waals surface area contributed by atoms with Crippen molar-refractivity contribution in [1.29, 1.82) is 0 Å². The van der Waals surface area contributed by atoms with Crippen LogP contribution in [0, 0.1) is 58.2 Å². The minimum absolute atomic E-state index is 0.474. The summed E-state index contributed by atoms with van der Waals surface area (Å²) in [6, 6.07) is 21.3. The number of hydrogen-bond donors (Lipinski definition) is 0. The van der Waals surface area contributed by atoms with Crippen molar-refractivity contribution in [2.24, 2.45) is 0 Å². The lowest BCUT2D eigenvalue weighted by Crippen LogP contribution is -2.03. The van der Waals surface area contributed by atoms with Crippen LogP contribution in [0.3, 0.4) is 0 Å².